The molecule has 0 saturated heterocycles. The van der Waals surface area contributed by atoms with E-state index >= 15 is 0 Å². The van der Waals surface area contributed by atoms with Gasteiger partial charge in [-0.15, -0.1) is 0 Å². The van der Waals surface area contributed by atoms with Gasteiger partial charge in [0.05, 0.1) is 5.56 Å². The summed E-state index contributed by atoms with van der Waals surface area (Å²) in [6.07, 6.45) is 0. The van der Waals surface area contributed by atoms with Gasteiger partial charge in [-0.25, -0.2) is 13.6 Å². The quantitative estimate of drug-likeness (QED) is 0.865. The Balaban J connectivity index is 2.58. The van der Waals surface area contributed by atoms with Crippen LogP contribution < -0.4 is 0 Å². The molecule has 17 heavy (non-hydrogen) atoms. The minimum atomic E-state index is -1.37. The average Bonchev–Trinajstić information content (AvgIpc) is 2.30. The molecule has 0 unspecified atom stereocenters. The zero-order chi connectivity index (χ0) is 12.4. The van der Waals surface area contributed by atoms with Gasteiger partial charge >= 0.3 is 5.97 Å². The van der Waals surface area contributed by atoms with Gasteiger partial charge in [0.15, 0.2) is 0 Å². The van der Waals surface area contributed by atoms with Crippen LogP contribution in [-0.4, -0.2) is 11.1 Å². The van der Waals surface area contributed by atoms with Crippen LogP contribution >= 0.6 is 0 Å². The fraction of sp³-hybridized carbons (Fsp3) is 0. The molecule has 0 saturated carbocycles. The van der Waals surface area contributed by atoms with Crippen molar-refractivity contribution in [3.63, 3.8) is 0 Å². The molecular weight excluding hydrogens is 226 g/mol. The zero-order valence-electron chi connectivity index (χ0n) is 8.65. The van der Waals surface area contributed by atoms with Gasteiger partial charge in [-0.05, 0) is 23.8 Å². The van der Waals surface area contributed by atoms with Crippen molar-refractivity contribution >= 4 is 5.97 Å². The van der Waals surface area contributed by atoms with E-state index in [0.717, 1.165) is 12.1 Å². The van der Waals surface area contributed by atoms with Crippen molar-refractivity contribution in [2.24, 2.45) is 0 Å². The van der Waals surface area contributed by atoms with E-state index < -0.39 is 23.2 Å². The van der Waals surface area contributed by atoms with E-state index in [1.54, 1.807) is 6.07 Å². The molecule has 0 aromatic heterocycles. The predicted octanol–water partition coefficient (Wildman–Crippen LogP) is 3.33. The summed E-state index contributed by atoms with van der Waals surface area (Å²) in [5.41, 5.74) is 0.114. The van der Waals surface area contributed by atoms with Crippen molar-refractivity contribution in [2.45, 2.75) is 0 Å². The van der Waals surface area contributed by atoms with Gasteiger partial charge in [0.1, 0.15) is 11.6 Å². The molecule has 2 nitrogen and oxygen atoms in total. The SMILES string of the molecule is O=C(O)c1cc(-c2ccccc2F)ccc1F. The smallest absolute Gasteiger partial charge is 0.338 e. The van der Waals surface area contributed by atoms with E-state index in [1.807, 2.05) is 0 Å². The number of carboxylic acid groups (broad SMARTS) is 1. The number of carbonyl (C=O) groups is 1. The van der Waals surface area contributed by atoms with Crippen LogP contribution in [0.5, 0.6) is 0 Å². The minimum absolute atomic E-state index is 0.245. The Labute approximate surface area is 96.1 Å². The first-order chi connectivity index (χ1) is 8.09. The van der Waals surface area contributed by atoms with E-state index in [2.05, 4.69) is 0 Å². The van der Waals surface area contributed by atoms with Crippen molar-refractivity contribution in [1.29, 1.82) is 0 Å². The van der Waals surface area contributed by atoms with Crippen LogP contribution in [0.15, 0.2) is 42.5 Å². The first-order valence-corrected chi connectivity index (χ1v) is 4.87. The molecule has 2 rings (SSSR count). The van der Waals surface area contributed by atoms with E-state index in [1.165, 1.54) is 24.3 Å². The molecule has 0 spiro atoms. The zero-order valence-corrected chi connectivity index (χ0v) is 8.65. The molecular formula is C13H8F2O2. The van der Waals surface area contributed by atoms with Crippen LogP contribution in [0.2, 0.25) is 0 Å². The van der Waals surface area contributed by atoms with Crippen LogP contribution in [0.25, 0.3) is 11.1 Å². The molecule has 0 aliphatic heterocycles. The molecule has 0 fully saturated rings. The summed E-state index contributed by atoms with van der Waals surface area (Å²) >= 11 is 0. The van der Waals surface area contributed by atoms with Gasteiger partial charge in [0.2, 0.25) is 0 Å². The van der Waals surface area contributed by atoms with Crippen molar-refractivity contribution in [2.75, 3.05) is 0 Å². The van der Waals surface area contributed by atoms with Gasteiger partial charge < -0.3 is 5.11 Å². The lowest BCUT2D eigenvalue weighted by molar-refractivity contribution is 0.0692. The highest BCUT2D eigenvalue weighted by molar-refractivity contribution is 5.89. The second-order valence-electron chi connectivity index (χ2n) is 3.48. The highest BCUT2D eigenvalue weighted by Crippen LogP contribution is 2.24. The topological polar surface area (TPSA) is 37.3 Å². The fourth-order valence-corrected chi connectivity index (χ4v) is 1.55. The molecule has 0 amide bonds. The third-order valence-electron chi connectivity index (χ3n) is 2.38. The lowest BCUT2D eigenvalue weighted by Gasteiger charge is -2.05. The van der Waals surface area contributed by atoms with Gasteiger partial charge in [-0.1, -0.05) is 24.3 Å². The lowest BCUT2D eigenvalue weighted by atomic mass is 10.0. The first-order valence-electron chi connectivity index (χ1n) is 4.87. The van der Waals surface area contributed by atoms with E-state index in [-0.39, 0.29) is 5.56 Å². The van der Waals surface area contributed by atoms with E-state index in [0.29, 0.717) is 5.56 Å². The molecule has 0 aliphatic rings. The van der Waals surface area contributed by atoms with Gasteiger partial charge in [-0.2, -0.15) is 0 Å². The van der Waals surface area contributed by atoms with Crippen LogP contribution in [0.3, 0.4) is 0 Å². The van der Waals surface area contributed by atoms with Crippen molar-refractivity contribution in [1.82, 2.24) is 0 Å². The molecule has 0 radical (unpaired) electrons. The molecule has 1 N–H and O–H groups in total. The van der Waals surface area contributed by atoms with Crippen LogP contribution in [0.1, 0.15) is 10.4 Å². The maximum atomic E-state index is 13.5. The Morgan fingerprint density at radius 2 is 1.71 bits per heavy atom. The highest BCUT2D eigenvalue weighted by atomic mass is 19.1. The van der Waals surface area contributed by atoms with Crippen LogP contribution in [0, 0.1) is 11.6 Å². The first kappa shape index (κ1) is 11.3. The largest absolute Gasteiger partial charge is 0.478 e. The summed E-state index contributed by atoms with van der Waals surface area (Å²) in [7, 11) is 0. The van der Waals surface area contributed by atoms with Gasteiger partial charge in [-0.3, -0.25) is 0 Å². The Kier molecular flexibility index (Phi) is 2.87. The van der Waals surface area contributed by atoms with Crippen molar-refractivity contribution in [3.8, 4) is 11.1 Å². The predicted molar refractivity (Wildman–Crippen MR) is 58.8 cm³/mol. The standard InChI is InChI=1S/C13H8F2O2/c14-11-4-2-1-3-9(11)8-5-6-12(15)10(7-8)13(16)17/h1-7H,(H,16,17). The molecule has 0 heterocycles. The maximum Gasteiger partial charge on any atom is 0.338 e. The molecule has 0 bridgehead atoms. The second-order valence-corrected chi connectivity index (χ2v) is 3.48. The number of benzene rings is 2. The number of aromatic carboxylic acids is 1. The summed E-state index contributed by atoms with van der Waals surface area (Å²) in [6, 6.07) is 9.41. The molecule has 0 aliphatic carbocycles. The third-order valence-corrected chi connectivity index (χ3v) is 2.38. The van der Waals surface area contributed by atoms with Crippen LogP contribution in [-0.2, 0) is 0 Å². The monoisotopic (exact) mass is 234 g/mol. The molecule has 0 atom stereocenters. The summed E-state index contributed by atoms with van der Waals surface area (Å²) in [4.78, 5) is 10.8. The average molecular weight is 234 g/mol. The maximum absolute atomic E-state index is 13.5. The Morgan fingerprint density at radius 1 is 1.00 bits per heavy atom. The molecule has 2 aromatic carbocycles. The third kappa shape index (κ3) is 2.15. The van der Waals surface area contributed by atoms with E-state index in [4.69, 9.17) is 5.11 Å². The molecule has 4 heteroatoms. The summed E-state index contributed by atoms with van der Waals surface area (Å²) in [5.74, 6) is -2.69. The number of halogens is 2. The Bertz CT molecular complexity index is 579. The Hall–Kier alpha value is -2.23. The Morgan fingerprint density at radius 3 is 2.35 bits per heavy atom. The minimum Gasteiger partial charge on any atom is -0.478 e. The molecule has 86 valence electrons. The number of carboxylic acids is 1. The van der Waals surface area contributed by atoms with Gasteiger partial charge in [0, 0.05) is 5.56 Å². The fourth-order valence-electron chi connectivity index (χ4n) is 1.55. The number of hydrogen-bond donors (Lipinski definition) is 1. The summed E-state index contributed by atoms with van der Waals surface area (Å²) in [5, 5.41) is 8.77. The highest BCUT2D eigenvalue weighted by Gasteiger charge is 2.12. The normalized spacial score (nSPS) is 10.2. The molecule has 2 aromatic rings. The van der Waals surface area contributed by atoms with Crippen molar-refractivity contribution in [3.05, 3.63) is 59.7 Å². The lowest BCUT2D eigenvalue weighted by Crippen LogP contribution is -2.00. The second kappa shape index (κ2) is 4.33. The summed E-state index contributed by atoms with van der Waals surface area (Å²) < 4.78 is 26.6. The van der Waals surface area contributed by atoms with Crippen molar-refractivity contribution < 1.29 is 18.7 Å². The van der Waals surface area contributed by atoms with E-state index in [9.17, 15) is 13.6 Å². The number of hydrogen-bond acceptors (Lipinski definition) is 1. The number of rotatable bonds is 2. The van der Waals surface area contributed by atoms with Crippen LogP contribution in [0.4, 0.5) is 8.78 Å². The summed E-state index contributed by atoms with van der Waals surface area (Å²) in [6.45, 7) is 0. The van der Waals surface area contributed by atoms with Gasteiger partial charge in [0.25, 0.3) is 0 Å².